The normalized spacial score (nSPS) is 17.2. The van der Waals surface area contributed by atoms with Gasteiger partial charge in [-0.25, -0.2) is 4.79 Å². The molecule has 43 heavy (non-hydrogen) atoms. The van der Waals surface area contributed by atoms with Gasteiger partial charge in [0.05, 0.1) is 18.7 Å². The number of benzene rings is 2. The highest BCUT2D eigenvalue weighted by atomic mass is 16.3. The van der Waals surface area contributed by atoms with Crippen LogP contribution >= 0.6 is 0 Å². The van der Waals surface area contributed by atoms with Crippen molar-refractivity contribution in [1.29, 1.82) is 0 Å². The zero-order chi connectivity index (χ0) is 30.6. The molecule has 0 bridgehead atoms. The number of carbonyl (C=O) groups is 3. The van der Waals surface area contributed by atoms with Gasteiger partial charge >= 0.3 is 6.03 Å². The number of aliphatic hydroxyl groups is 1. The van der Waals surface area contributed by atoms with E-state index in [1.807, 2.05) is 43.3 Å². The van der Waals surface area contributed by atoms with E-state index in [4.69, 9.17) is 0 Å². The molecule has 2 aliphatic rings. The first kappa shape index (κ1) is 32.3. The molecular weight excluding hydrogens is 542 g/mol. The van der Waals surface area contributed by atoms with E-state index in [1.54, 1.807) is 21.9 Å². The average Bonchev–Trinajstić information content (AvgIpc) is 3.03. The largest absolute Gasteiger partial charge is 0.389 e. The third-order valence-corrected chi connectivity index (χ3v) is 8.48. The Morgan fingerprint density at radius 1 is 1.02 bits per heavy atom. The van der Waals surface area contributed by atoms with Gasteiger partial charge in [0.2, 0.25) is 5.91 Å². The molecule has 9 heteroatoms. The third kappa shape index (κ3) is 9.45. The molecule has 1 heterocycles. The van der Waals surface area contributed by atoms with Crippen molar-refractivity contribution in [2.75, 3.05) is 36.4 Å². The molecule has 4 rings (SSSR count). The lowest BCUT2D eigenvalue weighted by Gasteiger charge is -2.32. The van der Waals surface area contributed by atoms with Crippen LogP contribution in [0.1, 0.15) is 87.6 Å². The lowest BCUT2D eigenvalue weighted by molar-refractivity contribution is -0.119. The number of amides is 4. The van der Waals surface area contributed by atoms with E-state index in [9.17, 15) is 19.5 Å². The molecule has 1 saturated heterocycles. The molecule has 0 aromatic heterocycles. The maximum Gasteiger partial charge on any atom is 0.317 e. The van der Waals surface area contributed by atoms with Gasteiger partial charge in [0.15, 0.2) is 0 Å². The Morgan fingerprint density at radius 3 is 2.49 bits per heavy atom. The Labute approximate surface area is 256 Å². The number of hydrogen-bond donors (Lipinski definition) is 4. The number of rotatable bonds is 13. The molecule has 0 unspecified atom stereocenters. The molecule has 1 saturated carbocycles. The van der Waals surface area contributed by atoms with Crippen molar-refractivity contribution in [2.24, 2.45) is 0 Å². The summed E-state index contributed by atoms with van der Waals surface area (Å²) < 4.78 is 0. The van der Waals surface area contributed by atoms with Gasteiger partial charge in [-0.3, -0.25) is 9.59 Å². The summed E-state index contributed by atoms with van der Waals surface area (Å²) in [4.78, 5) is 43.0. The summed E-state index contributed by atoms with van der Waals surface area (Å²) in [5.41, 5.74) is 2.87. The molecule has 2 aromatic rings. The van der Waals surface area contributed by atoms with Crippen molar-refractivity contribution in [3.05, 3.63) is 59.7 Å². The first-order chi connectivity index (χ1) is 20.9. The molecule has 234 valence electrons. The van der Waals surface area contributed by atoms with Crippen LogP contribution in [0, 0.1) is 0 Å². The summed E-state index contributed by atoms with van der Waals surface area (Å²) in [6, 6.07) is 14.6. The average molecular weight is 592 g/mol. The Hall–Kier alpha value is -3.59. The van der Waals surface area contributed by atoms with Crippen molar-refractivity contribution in [3.8, 4) is 0 Å². The second-order valence-electron chi connectivity index (χ2n) is 11.9. The molecule has 4 N–H and O–H groups in total. The zero-order valence-electron chi connectivity index (χ0n) is 25.8. The van der Waals surface area contributed by atoms with E-state index in [0.717, 1.165) is 62.7 Å². The van der Waals surface area contributed by atoms with Gasteiger partial charge in [0, 0.05) is 49.0 Å². The monoisotopic (exact) mass is 591 g/mol. The third-order valence-electron chi connectivity index (χ3n) is 8.48. The standard InChI is InChI=1S/C34H49N5O4/c1-3-18-35-28-21-26(22-29(23-28)39-19-12-11-17-32(39)41)33(42)37-30(20-25-13-7-5-8-14-25)31(40)24-38(4-2)34(43)36-27-15-9-6-10-16-27/h5,7-8,13-14,21-23,27,30-31,35,40H,3-4,6,9-12,15-20,24H2,1-2H3,(H,36,43)(H,37,42)/t30-,31-/m0/s1. The van der Waals surface area contributed by atoms with Crippen LogP contribution in [0.2, 0.25) is 0 Å². The molecular formula is C34H49N5O4. The fraction of sp³-hybridized carbons (Fsp3) is 0.559. The van der Waals surface area contributed by atoms with Crippen LogP contribution in [0.15, 0.2) is 48.5 Å². The van der Waals surface area contributed by atoms with Crippen LogP contribution in [0.25, 0.3) is 0 Å². The van der Waals surface area contributed by atoms with Crippen LogP contribution in [-0.4, -0.2) is 72.2 Å². The second-order valence-corrected chi connectivity index (χ2v) is 11.9. The van der Waals surface area contributed by atoms with Crippen LogP contribution in [0.5, 0.6) is 0 Å². The van der Waals surface area contributed by atoms with Crippen LogP contribution < -0.4 is 20.9 Å². The van der Waals surface area contributed by atoms with Crippen molar-refractivity contribution >= 4 is 29.2 Å². The second kappa shape index (κ2) is 16.3. The molecule has 1 aliphatic heterocycles. The highest BCUT2D eigenvalue weighted by Crippen LogP contribution is 2.27. The zero-order valence-corrected chi connectivity index (χ0v) is 25.8. The predicted molar refractivity (Wildman–Crippen MR) is 171 cm³/mol. The maximum atomic E-state index is 13.8. The van der Waals surface area contributed by atoms with E-state index in [0.29, 0.717) is 37.2 Å². The van der Waals surface area contributed by atoms with E-state index < -0.39 is 12.1 Å². The number of anilines is 2. The lowest BCUT2D eigenvalue weighted by Crippen LogP contribution is -2.53. The van der Waals surface area contributed by atoms with E-state index in [-0.39, 0.29) is 30.4 Å². The molecule has 2 aromatic carbocycles. The number of aliphatic hydroxyl groups excluding tert-OH is 1. The van der Waals surface area contributed by atoms with Crippen molar-refractivity contribution in [3.63, 3.8) is 0 Å². The first-order valence-electron chi connectivity index (χ1n) is 16.2. The van der Waals surface area contributed by atoms with Crippen LogP contribution in [0.4, 0.5) is 16.2 Å². The van der Waals surface area contributed by atoms with E-state index in [2.05, 4.69) is 22.9 Å². The van der Waals surface area contributed by atoms with Gasteiger partial charge < -0.3 is 30.9 Å². The van der Waals surface area contributed by atoms with E-state index >= 15 is 0 Å². The molecule has 4 amide bonds. The fourth-order valence-electron chi connectivity index (χ4n) is 5.97. The topological polar surface area (TPSA) is 114 Å². The summed E-state index contributed by atoms with van der Waals surface area (Å²) in [5.74, 6) is -0.269. The molecule has 1 aliphatic carbocycles. The van der Waals surface area contributed by atoms with E-state index in [1.165, 1.54) is 6.42 Å². The fourth-order valence-corrected chi connectivity index (χ4v) is 5.97. The van der Waals surface area contributed by atoms with Crippen molar-refractivity contribution in [1.82, 2.24) is 15.5 Å². The van der Waals surface area contributed by atoms with Gasteiger partial charge in [-0.15, -0.1) is 0 Å². The quantitative estimate of drug-likeness (QED) is 0.259. The molecule has 9 nitrogen and oxygen atoms in total. The predicted octanol–water partition coefficient (Wildman–Crippen LogP) is 5.09. The number of urea groups is 1. The molecule has 2 atom stereocenters. The Kier molecular flexibility index (Phi) is 12.3. The number of nitrogens with zero attached hydrogens (tertiary/aromatic N) is 2. The number of nitrogens with one attached hydrogen (secondary N) is 3. The minimum absolute atomic E-state index is 0.0637. The van der Waals surface area contributed by atoms with Gasteiger partial charge in [0.25, 0.3) is 5.91 Å². The Bertz CT molecular complexity index is 1200. The number of piperidine rings is 1. The Balaban J connectivity index is 1.53. The van der Waals surface area contributed by atoms with Gasteiger partial charge in [-0.1, -0.05) is 56.5 Å². The summed E-state index contributed by atoms with van der Waals surface area (Å²) in [7, 11) is 0. The summed E-state index contributed by atoms with van der Waals surface area (Å²) >= 11 is 0. The lowest BCUT2D eigenvalue weighted by atomic mass is 9.96. The minimum Gasteiger partial charge on any atom is -0.389 e. The van der Waals surface area contributed by atoms with Crippen LogP contribution in [-0.2, 0) is 11.2 Å². The number of hydrogen-bond acceptors (Lipinski definition) is 5. The first-order valence-corrected chi connectivity index (χ1v) is 16.2. The molecule has 2 fully saturated rings. The Morgan fingerprint density at radius 2 is 1.79 bits per heavy atom. The van der Waals surface area contributed by atoms with Crippen LogP contribution in [0.3, 0.4) is 0 Å². The van der Waals surface area contributed by atoms with Gasteiger partial charge in [0.1, 0.15) is 0 Å². The SMILES string of the molecule is CCCNc1cc(C(=O)N[C@@H](Cc2ccccc2)[C@@H](O)CN(CC)C(=O)NC2CCCCC2)cc(N2CCCCC2=O)c1. The summed E-state index contributed by atoms with van der Waals surface area (Å²) in [6.45, 7) is 5.88. The highest BCUT2D eigenvalue weighted by molar-refractivity contribution is 6.00. The van der Waals surface area contributed by atoms with Gasteiger partial charge in [-0.05, 0) is 69.2 Å². The smallest absolute Gasteiger partial charge is 0.317 e. The molecule has 0 radical (unpaired) electrons. The van der Waals surface area contributed by atoms with Crippen molar-refractivity contribution in [2.45, 2.75) is 96.2 Å². The minimum atomic E-state index is -0.995. The van der Waals surface area contributed by atoms with Gasteiger partial charge in [-0.2, -0.15) is 0 Å². The summed E-state index contributed by atoms with van der Waals surface area (Å²) in [5, 5.41) is 21.1. The number of carbonyl (C=O) groups excluding carboxylic acids is 3. The molecule has 0 spiro atoms. The highest BCUT2D eigenvalue weighted by Gasteiger charge is 2.28. The van der Waals surface area contributed by atoms with Crippen molar-refractivity contribution < 1.29 is 19.5 Å². The maximum absolute atomic E-state index is 13.8. The number of likely N-dealkylation sites (N-methyl/N-ethyl adjacent to an activating group) is 1. The summed E-state index contributed by atoms with van der Waals surface area (Å²) in [6.07, 6.45) is 8.04.